The quantitative estimate of drug-likeness (QED) is 0.803. The van der Waals surface area contributed by atoms with E-state index in [-0.39, 0.29) is 0 Å². The van der Waals surface area contributed by atoms with Crippen molar-refractivity contribution < 1.29 is 5.11 Å². The number of anilines is 1. The molecule has 1 aliphatic carbocycles. The summed E-state index contributed by atoms with van der Waals surface area (Å²) in [7, 11) is 0. The summed E-state index contributed by atoms with van der Waals surface area (Å²) in [5.41, 5.74) is 8.96. The van der Waals surface area contributed by atoms with Gasteiger partial charge >= 0.3 is 0 Å². The number of aliphatic hydroxyl groups is 1. The Morgan fingerprint density at radius 1 is 1.28 bits per heavy atom. The molecule has 2 aromatic rings. The van der Waals surface area contributed by atoms with Crippen LogP contribution in [0.1, 0.15) is 28.7 Å². The number of nitrogen functional groups attached to an aromatic ring is 1. The molecule has 0 spiro atoms. The second-order valence-corrected chi connectivity index (χ2v) is 4.96. The zero-order valence-corrected chi connectivity index (χ0v) is 10.4. The topological polar surface area (TPSA) is 59.1 Å². The van der Waals surface area contributed by atoms with Crippen LogP contribution in [0.25, 0.3) is 0 Å². The highest BCUT2D eigenvalue weighted by Gasteiger charge is 2.39. The molecule has 18 heavy (non-hydrogen) atoms. The van der Waals surface area contributed by atoms with Gasteiger partial charge in [0, 0.05) is 11.8 Å². The summed E-state index contributed by atoms with van der Waals surface area (Å²) in [6.45, 7) is 2.03. The fourth-order valence-electron chi connectivity index (χ4n) is 2.79. The minimum Gasteiger partial charge on any atom is -0.383 e. The SMILES string of the molecule is Cc1ccc2c(c1)C(O)(c1cccnc1N)CC2. The molecule has 3 heteroatoms. The maximum absolute atomic E-state index is 11.0. The van der Waals surface area contributed by atoms with Gasteiger partial charge in [-0.2, -0.15) is 0 Å². The van der Waals surface area contributed by atoms with E-state index in [0.29, 0.717) is 17.8 Å². The van der Waals surface area contributed by atoms with Gasteiger partial charge in [-0.1, -0.05) is 29.8 Å². The lowest BCUT2D eigenvalue weighted by atomic mass is 9.87. The molecule has 0 radical (unpaired) electrons. The van der Waals surface area contributed by atoms with E-state index in [2.05, 4.69) is 23.2 Å². The first kappa shape index (κ1) is 11.2. The molecule has 3 N–H and O–H groups in total. The average Bonchev–Trinajstić information content (AvgIpc) is 2.69. The van der Waals surface area contributed by atoms with Crippen molar-refractivity contribution in [2.45, 2.75) is 25.4 Å². The Balaban J connectivity index is 2.20. The largest absolute Gasteiger partial charge is 0.383 e. The minimum atomic E-state index is -0.986. The zero-order valence-electron chi connectivity index (χ0n) is 10.4. The van der Waals surface area contributed by atoms with Crippen LogP contribution >= 0.6 is 0 Å². The van der Waals surface area contributed by atoms with Crippen LogP contribution in [-0.4, -0.2) is 10.1 Å². The number of aryl methyl sites for hydroxylation is 2. The lowest BCUT2D eigenvalue weighted by Crippen LogP contribution is -2.25. The molecule has 1 heterocycles. The van der Waals surface area contributed by atoms with Crippen LogP contribution in [0.3, 0.4) is 0 Å². The summed E-state index contributed by atoms with van der Waals surface area (Å²) in [4.78, 5) is 4.08. The molecule has 0 fully saturated rings. The van der Waals surface area contributed by atoms with Crippen molar-refractivity contribution in [2.75, 3.05) is 5.73 Å². The Hall–Kier alpha value is -1.87. The molecule has 0 bridgehead atoms. The van der Waals surface area contributed by atoms with E-state index in [1.165, 1.54) is 5.56 Å². The van der Waals surface area contributed by atoms with E-state index in [0.717, 1.165) is 17.5 Å². The van der Waals surface area contributed by atoms with Crippen molar-refractivity contribution in [3.8, 4) is 0 Å². The van der Waals surface area contributed by atoms with E-state index < -0.39 is 5.60 Å². The number of aromatic nitrogens is 1. The lowest BCUT2D eigenvalue weighted by Gasteiger charge is -2.25. The minimum absolute atomic E-state index is 0.411. The molecule has 0 aliphatic heterocycles. The number of benzene rings is 1. The third-order valence-corrected chi connectivity index (χ3v) is 3.75. The first-order chi connectivity index (χ1) is 8.61. The van der Waals surface area contributed by atoms with Crippen molar-refractivity contribution in [1.29, 1.82) is 0 Å². The summed E-state index contributed by atoms with van der Waals surface area (Å²) in [6, 6.07) is 9.90. The van der Waals surface area contributed by atoms with Gasteiger partial charge in [-0.15, -0.1) is 0 Å². The molecule has 0 saturated heterocycles. The van der Waals surface area contributed by atoms with Crippen molar-refractivity contribution in [3.63, 3.8) is 0 Å². The lowest BCUT2D eigenvalue weighted by molar-refractivity contribution is 0.0834. The van der Waals surface area contributed by atoms with Gasteiger partial charge in [0.2, 0.25) is 0 Å². The molecular formula is C15H16N2O. The van der Waals surface area contributed by atoms with Crippen LogP contribution in [0.2, 0.25) is 0 Å². The Morgan fingerprint density at radius 3 is 2.89 bits per heavy atom. The van der Waals surface area contributed by atoms with Gasteiger partial charge in [-0.3, -0.25) is 0 Å². The summed E-state index contributed by atoms with van der Waals surface area (Å²) in [5.74, 6) is 0.411. The number of nitrogens with zero attached hydrogens (tertiary/aromatic N) is 1. The maximum atomic E-state index is 11.0. The van der Waals surface area contributed by atoms with Crippen LogP contribution in [0.5, 0.6) is 0 Å². The molecule has 3 nitrogen and oxygen atoms in total. The first-order valence-electron chi connectivity index (χ1n) is 6.14. The second kappa shape index (κ2) is 3.82. The van der Waals surface area contributed by atoms with Crippen molar-refractivity contribution in [1.82, 2.24) is 4.98 Å². The van der Waals surface area contributed by atoms with Gasteiger partial charge < -0.3 is 10.8 Å². The number of nitrogens with two attached hydrogens (primary N) is 1. The Kier molecular flexibility index (Phi) is 2.38. The number of hydrogen-bond donors (Lipinski definition) is 2. The molecule has 1 unspecified atom stereocenters. The summed E-state index contributed by atoms with van der Waals surface area (Å²) in [5, 5.41) is 11.0. The highest BCUT2D eigenvalue weighted by atomic mass is 16.3. The molecule has 0 amide bonds. The van der Waals surface area contributed by atoms with E-state index in [4.69, 9.17) is 5.73 Å². The van der Waals surface area contributed by atoms with Gasteiger partial charge in [0.05, 0.1) is 0 Å². The first-order valence-corrected chi connectivity index (χ1v) is 6.14. The third-order valence-electron chi connectivity index (χ3n) is 3.75. The van der Waals surface area contributed by atoms with Crippen LogP contribution in [0, 0.1) is 6.92 Å². The standard InChI is InChI=1S/C15H16N2O/c1-10-4-5-11-6-7-15(18,13(11)9-10)12-3-2-8-17-14(12)16/h2-5,8-9,18H,6-7H2,1H3,(H2,16,17). The van der Waals surface area contributed by atoms with Gasteiger partial charge in [0.25, 0.3) is 0 Å². The Morgan fingerprint density at radius 2 is 2.11 bits per heavy atom. The van der Waals surface area contributed by atoms with E-state index in [9.17, 15) is 5.11 Å². The molecule has 1 atom stereocenters. The summed E-state index contributed by atoms with van der Waals surface area (Å²) in [6.07, 6.45) is 3.19. The molecule has 1 aromatic carbocycles. The van der Waals surface area contributed by atoms with Gasteiger partial charge in [-0.25, -0.2) is 4.98 Å². The molecule has 0 saturated carbocycles. The molecular weight excluding hydrogens is 224 g/mol. The zero-order chi connectivity index (χ0) is 12.8. The molecule has 1 aliphatic rings. The van der Waals surface area contributed by atoms with Gasteiger partial charge in [-0.05, 0) is 37.0 Å². The maximum Gasteiger partial charge on any atom is 0.129 e. The van der Waals surface area contributed by atoms with E-state index in [1.807, 2.05) is 19.1 Å². The van der Waals surface area contributed by atoms with Crippen molar-refractivity contribution >= 4 is 5.82 Å². The number of hydrogen-bond acceptors (Lipinski definition) is 3. The predicted molar refractivity (Wildman–Crippen MR) is 71.1 cm³/mol. The van der Waals surface area contributed by atoms with Crippen molar-refractivity contribution in [3.05, 3.63) is 58.8 Å². The number of rotatable bonds is 1. The third kappa shape index (κ3) is 1.51. The highest BCUT2D eigenvalue weighted by Crippen LogP contribution is 2.43. The predicted octanol–water partition coefficient (Wildman–Crippen LogP) is 2.15. The fourth-order valence-corrected chi connectivity index (χ4v) is 2.79. The van der Waals surface area contributed by atoms with Crippen molar-refractivity contribution in [2.24, 2.45) is 0 Å². The van der Waals surface area contributed by atoms with Crippen LogP contribution in [0.15, 0.2) is 36.5 Å². The van der Waals surface area contributed by atoms with E-state index in [1.54, 1.807) is 6.20 Å². The van der Waals surface area contributed by atoms with Crippen LogP contribution < -0.4 is 5.73 Å². The molecule has 1 aromatic heterocycles. The summed E-state index contributed by atoms with van der Waals surface area (Å²) < 4.78 is 0. The number of fused-ring (bicyclic) bond motifs is 1. The fraction of sp³-hybridized carbons (Fsp3) is 0.267. The Labute approximate surface area is 106 Å². The average molecular weight is 240 g/mol. The summed E-state index contributed by atoms with van der Waals surface area (Å²) >= 11 is 0. The van der Waals surface area contributed by atoms with Crippen LogP contribution in [0.4, 0.5) is 5.82 Å². The smallest absolute Gasteiger partial charge is 0.129 e. The molecule has 3 rings (SSSR count). The Bertz CT molecular complexity index is 609. The van der Waals surface area contributed by atoms with E-state index >= 15 is 0 Å². The van der Waals surface area contributed by atoms with Crippen LogP contribution in [-0.2, 0) is 12.0 Å². The highest BCUT2D eigenvalue weighted by molar-refractivity contribution is 5.53. The van der Waals surface area contributed by atoms with Gasteiger partial charge in [0.1, 0.15) is 11.4 Å². The number of pyridine rings is 1. The monoisotopic (exact) mass is 240 g/mol. The second-order valence-electron chi connectivity index (χ2n) is 4.96. The normalized spacial score (nSPS) is 21.9. The van der Waals surface area contributed by atoms with Gasteiger partial charge in [0.15, 0.2) is 0 Å². The molecule has 92 valence electrons.